The molecule has 0 aliphatic rings. The molecule has 24 heavy (non-hydrogen) atoms. The Morgan fingerprint density at radius 1 is 1.08 bits per heavy atom. The quantitative estimate of drug-likeness (QED) is 0.622. The van der Waals surface area contributed by atoms with Crippen LogP contribution < -0.4 is 4.74 Å². The Labute approximate surface area is 145 Å². The Bertz CT molecular complexity index is 723. The molecule has 2 aromatic heterocycles. The molecule has 0 bridgehead atoms. The van der Waals surface area contributed by atoms with Crippen LogP contribution in [0, 0.1) is 0 Å². The second-order valence-corrected chi connectivity index (χ2v) is 6.36. The highest BCUT2D eigenvalue weighted by Gasteiger charge is 2.16. The van der Waals surface area contributed by atoms with E-state index < -0.39 is 0 Å². The van der Waals surface area contributed by atoms with Crippen LogP contribution in [0.5, 0.6) is 5.75 Å². The van der Waals surface area contributed by atoms with Gasteiger partial charge in [0.25, 0.3) is 5.91 Å². The number of para-hydroxylation sites is 1. The zero-order chi connectivity index (χ0) is 16.6. The number of rotatable bonds is 8. The lowest BCUT2D eigenvalue weighted by molar-refractivity contribution is -0.134. The van der Waals surface area contributed by atoms with Crippen LogP contribution >= 0.6 is 11.3 Å². The van der Waals surface area contributed by atoms with Crippen molar-refractivity contribution in [3.8, 4) is 5.75 Å². The lowest BCUT2D eigenvalue weighted by Crippen LogP contribution is -2.35. The van der Waals surface area contributed by atoms with Gasteiger partial charge < -0.3 is 14.1 Å². The van der Waals surface area contributed by atoms with E-state index in [0.29, 0.717) is 18.8 Å². The van der Waals surface area contributed by atoms with Crippen molar-refractivity contribution in [2.24, 2.45) is 0 Å². The second-order valence-electron chi connectivity index (χ2n) is 5.33. The van der Waals surface area contributed by atoms with E-state index in [2.05, 4.69) is 6.07 Å². The third kappa shape index (κ3) is 4.73. The summed E-state index contributed by atoms with van der Waals surface area (Å²) in [5.41, 5.74) is 0. The normalized spacial score (nSPS) is 10.5. The van der Waals surface area contributed by atoms with Gasteiger partial charge in [-0.3, -0.25) is 4.79 Å². The first kappa shape index (κ1) is 16.3. The number of carbonyl (C=O) groups excluding carboxylic acids is 1. The second kappa shape index (κ2) is 8.36. The third-order valence-corrected chi connectivity index (χ3v) is 4.53. The standard InChI is InChI=1S/C19H19NO3S/c21-19(15-23-16-6-2-1-3-7-16)20(14-17-8-4-12-22-17)11-10-18-9-5-13-24-18/h1-9,12-13H,10-11,14-15H2. The van der Waals surface area contributed by atoms with Crippen LogP contribution in [-0.2, 0) is 17.8 Å². The molecule has 4 nitrogen and oxygen atoms in total. The molecule has 0 aliphatic heterocycles. The Morgan fingerprint density at radius 2 is 1.96 bits per heavy atom. The lowest BCUT2D eigenvalue weighted by atomic mass is 10.3. The predicted molar refractivity (Wildman–Crippen MR) is 94.1 cm³/mol. The van der Waals surface area contributed by atoms with Gasteiger partial charge in [0.2, 0.25) is 0 Å². The largest absolute Gasteiger partial charge is 0.484 e. The summed E-state index contributed by atoms with van der Waals surface area (Å²) in [7, 11) is 0. The summed E-state index contributed by atoms with van der Waals surface area (Å²) in [6.45, 7) is 1.11. The number of hydrogen-bond donors (Lipinski definition) is 0. The molecule has 2 heterocycles. The summed E-state index contributed by atoms with van der Waals surface area (Å²) in [6, 6.07) is 17.2. The van der Waals surface area contributed by atoms with E-state index in [1.165, 1.54) is 4.88 Å². The number of nitrogens with zero attached hydrogens (tertiary/aromatic N) is 1. The molecule has 0 atom stereocenters. The van der Waals surface area contributed by atoms with Crippen molar-refractivity contribution >= 4 is 17.2 Å². The van der Waals surface area contributed by atoms with Crippen molar-refractivity contribution in [2.75, 3.05) is 13.2 Å². The topological polar surface area (TPSA) is 42.7 Å². The monoisotopic (exact) mass is 341 g/mol. The molecule has 3 rings (SSSR count). The summed E-state index contributed by atoms with van der Waals surface area (Å²) in [4.78, 5) is 15.6. The van der Waals surface area contributed by atoms with Gasteiger partial charge in [-0.1, -0.05) is 24.3 Å². The average Bonchev–Trinajstić information content (AvgIpc) is 3.31. The summed E-state index contributed by atoms with van der Waals surface area (Å²) in [6.07, 6.45) is 2.45. The van der Waals surface area contributed by atoms with Crippen molar-refractivity contribution < 1.29 is 13.9 Å². The Hall–Kier alpha value is -2.53. The van der Waals surface area contributed by atoms with Gasteiger partial charge in [-0.05, 0) is 42.1 Å². The van der Waals surface area contributed by atoms with E-state index in [1.807, 2.05) is 53.9 Å². The lowest BCUT2D eigenvalue weighted by Gasteiger charge is -2.21. The Balaban J connectivity index is 1.60. The number of carbonyl (C=O) groups is 1. The van der Waals surface area contributed by atoms with E-state index in [1.54, 1.807) is 22.5 Å². The molecule has 0 radical (unpaired) electrons. The third-order valence-electron chi connectivity index (χ3n) is 3.59. The molecule has 1 aromatic carbocycles. The maximum absolute atomic E-state index is 12.6. The van der Waals surface area contributed by atoms with Gasteiger partial charge in [-0.2, -0.15) is 0 Å². The van der Waals surface area contributed by atoms with Crippen LogP contribution in [0.2, 0.25) is 0 Å². The number of thiophene rings is 1. The van der Waals surface area contributed by atoms with Gasteiger partial charge in [-0.25, -0.2) is 0 Å². The summed E-state index contributed by atoms with van der Waals surface area (Å²) in [5.74, 6) is 1.42. The highest BCUT2D eigenvalue weighted by atomic mass is 32.1. The minimum Gasteiger partial charge on any atom is -0.484 e. The molecule has 0 fully saturated rings. The number of benzene rings is 1. The molecule has 0 saturated carbocycles. The van der Waals surface area contributed by atoms with Crippen molar-refractivity contribution in [2.45, 2.75) is 13.0 Å². The molecule has 0 saturated heterocycles. The molecule has 5 heteroatoms. The minimum atomic E-state index is -0.0493. The van der Waals surface area contributed by atoms with Gasteiger partial charge in [0.05, 0.1) is 12.8 Å². The van der Waals surface area contributed by atoms with E-state index in [4.69, 9.17) is 9.15 Å². The molecule has 0 spiro atoms. The Kier molecular flexibility index (Phi) is 5.69. The van der Waals surface area contributed by atoms with E-state index in [-0.39, 0.29) is 12.5 Å². The number of hydrogen-bond acceptors (Lipinski definition) is 4. The van der Waals surface area contributed by atoms with Gasteiger partial charge in [0.15, 0.2) is 6.61 Å². The summed E-state index contributed by atoms with van der Waals surface area (Å²) in [5, 5.41) is 2.05. The molecule has 3 aromatic rings. The molecule has 0 unspecified atom stereocenters. The number of amides is 1. The molecular formula is C19H19NO3S. The molecular weight excluding hydrogens is 322 g/mol. The van der Waals surface area contributed by atoms with Crippen molar-refractivity contribution in [3.63, 3.8) is 0 Å². The van der Waals surface area contributed by atoms with Crippen LogP contribution in [0.25, 0.3) is 0 Å². The minimum absolute atomic E-state index is 0.0230. The van der Waals surface area contributed by atoms with Gasteiger partial charge >= 0.3 is 0 Å². The van der Waals surface area contributed by atoms with Crippen molar-refractivity contribution in [3.05, 3.63) is 76.9 Å². The summed E-state index contributed by atoms with van der Waals surface area (Å²) < 4.78 is 11.0. The molecule has 0 aliphatic carbocycles. The van der Waals surface area contributed by atoms with Gasteiger partial charge in [0, 0.05) is 11.4 Å². The zero-order valence-corrected chi connectivity index (χ0v) is 14.1. The van der Waals surface area contributed by atoms with Crippen molar-refractivity contribution in [1.29, 1.82) is 0 Å². The number of furan rings is 1. The van der Waals surface area contributed by atoms with Gasteiger partial charge in [0.1, 0.15) is 11.5 Å². The highest BCUT2D eigenvalue weighted by Crippen LogP contribution is 2.13. The smallest absolute Gasteiger partial charge is 0.260 e. The predicted octanol–water partition coefficient (Wildman–Crippen LogP) is 3.99. The first-order chi connectivity index (χ1) is 11.8. The fourth-order valence-electron chi connectivity index (χ4n) is 2.34. The van der Waals surface area contributed by atoms with E-state index >= 15 is 0 Å². The Morgan fingerprint density at radius 3 is 2.67 bits per heavy atom. The maximum Gasteiger partial charge on any atom is 0.260 e. The van der Waals surface area contributed by atoms with Crippen LogP contribution in [0.15, 0.2) is 70.7 Å². The maximum atomic E-state index is 12.6. The number of ether oxygens (including phenoxy) is 1. The highest BCUT2D eigenvalue weighted by molar-refractivity contribution is 7.09. The first-order valence-corrected chi connectivity index (χ1v) is 8.69. The first-order valence-electron chi connectivity index (χ1n) is 7.81. The fourth-order valence-corrected chi connectivity index (χ4v) is 3.03. The fraction of sp³-hybridized carbons (Fsp3) is 0.211. The molecule has 124 valence electrons. The molecule has 0 N–H and O–H groups in total. The van der Waals surface area contributed by atoms with Crippen LogP contribution in [-0.4, -0.2) is 24.0 Å². The van der Waals surface area contributed by atoms with Crippen LogP contribution in [0.4, 0.5) is 0 Å². The zero-order valence-electron chi connectivity index (χ0n) is 13.3. The molecule has 1 amide bonds. The van der Waals surface area contributed by atoms with Gasteiger partial charge in [-0.15, -0.1) is 11.3 Å². The van der Waals surface area contributed by atoms with Crippen LogP contribution in [0.1, 0.15) is 10.6 Å². The van der Waals surface area contributed by atoms with E-state index in [9.17, 15) is 4.79 Å². The average molecular weight is 341 g/mol. The van der Waals surface area contributed by atoms with Crippen LogP contribution in [0.3, 0.4) is 0 Å². The van der Waals surface area contributed by atoms with Crippen molar-refractivity contribution in [1.82, 2.24) is 4.90 Å². The summed E-state index contributed by atoms with van der Waals surface area (Å²) >= 11 is 1.70. The SMILES string of the molecule is O=C(COc1ccccc1)N(CCc1cccs1)Cc1ccco1. The van der Waals surface area contributed by atoms with E-state index in [0.717, 1.165) is 12.2 Å².